The van der Waals surface area contributed by atoms with Gasteiger partial charge in [-0.3, -0.25) is 0 Å². The number of phenols is 1. The molecule has 0 unspecified atom stereocenters. The summed E-state index contributed by atoms with van der Waals surface area (Å²) >= 11 is 0. The second-order valence-electron chi connectivity index (χ2n) is 4.52. The topological polar surface area (TPSA) is 58.0 Å². The molecular formula is C16H15N3O. The number of nitrogens with one attached hydrogen (secondary N) is 1. The molecule has 0 aliphatic heterocycles. The van der Waals surface area contributed by atoms with Crippen LogP contribution in [0.4, 0.5) is 5.82 Å². The summed E-state index contributed by atoms with van der Waals surface area (Å²) < 4.78 is 0. The van der Waals surface area contributed by atoms with Crippen molar-refractivity contribution in [3.8, 4) is 17.0 Å². The van der Waals surface area contributed by atoms with Crippen molar-refractivity contribution in [1.82, 2.24) is 10.2 Å². The molecule has 2 N–H and O–H groups in total. The molecule has 1 aromatic heterocycles. The van der Waals surface area contributed by atoms with E-state index in [0.29, 0.717) is 11.3 Å². The molecule has 0 saturated carbocycles. The van der Waals surface area contributed by atoms with Gasteiger partial charge in [0.05, 0.1) is 5.69 Å². The van der Waals surface area contributed by atoms with E-state index in [1.807, 2.05) is 55.5 Å². The Morgan fingerprint density at radius 3 is 2.60 bits per heavy atom. The zero-order valence-corrected chi connectivity index (χ0v) is 11.2. The van der Waals surface area contributed by atoms with Gasteiger partial charge < -0.3 is 10.4 Å². The molecule has 0 amide bonds. The predicted octanol–water partition coefficient (Wildman–Crippen LogP) is 3.43. The quantitative estimate of drug-likeness (QED) is 0.761. The van der Waals surface area contributed by atoms with Crippen LogP contribution in [-0.2, 0) is 0 Å². The monoisotopic (exact) mass is 265 g/mol. The Balaban J connectivity index is 2.07. The Morgan fingerprint density at radius 2 is 1.85 bits per heavy atom. The van der Waals surface area contributed by atoms with Crippen LogP contribution in [0.2, 0.25) is 0 Å². The Bertz CT molecular complexity index is 738. The molecule has 4 nitrogen and oxygen atoms in total. The van der Waals surface area contributed by atoms with E-state index in [4.69, 9.17) is 0 Å². The van der Waals surface area contributed by atoms with E-state index in [-0.39, 0.29) is 5.75 Å². The summed E-state index contributed by atoms with van der Waals surface area (Å²) in [6.45, 7) is 2.81. The van der Waals surface area contributed by atoms with Crippen molar-refractivity contribution in [2.24, 2.45) is 0 Å². The van der Waals surface area contributed by atoms with Crippen LogP contribution in [0.5, 0.6) is 5.75 Å². The largest absolute Gasteiger partial charge is 0.507 e. The summed E-state index contributed by atoms with van der Waals surface area (Å²) in [6.07, 6.45) is 0. The van der Waals surface area contributed by atoms with Gasteiger partial charge in [0.15, 0.2) is 0 Å². The molecule has 4 heteroatoms. The van der Waals surface area contributed by atoms with Gasteiger partial charge in [0.2, 0.25) is 0 Å². The van der Waals surface area contributed by atoms with Gasteiger partial charge in [-0.25, -0.2) is 0 Å². The third-order valence-electron chi connectivity index (χ3n) is 3.20. The summed E-state index contributed by atoms with van der Waals surface area (Å²) in [5.41, 5.74) is 1.36. The molecule has 0 aliphatic rings. The van der Waals surface area contributed by atoms with Crippen LogP contribution in [-0.4, -0.2) is 21.8 Å². The fraction of sp³-hybridized carbons (Fsp3) is 0.125. The average Bonchev–Trinajstić information content (AvgIpc) is 2.49. The summed E-state index contributed by atoms with van der Waals surface area (Å²) in [4.78, 5) is 0. The molecule has 0 fully saturated rings. The van der Waals surface area contributed by atoms with E-state index in [9.17, 15) is 5.11 Å². The SMILES string of the molecule is CCNc1ccc(-c2ccc3ccccc3c2O)nn1. The summed E-state index contributed by atoms with van der Waals surface area (Å²) in [7, 11) is 0. The van der Waals surface area contributed by atoms with Crippen molar-refractivity contribution < 1.29 is 5.11 Å². The zero-order chi connectivity index (χ0) is 13.9. The van der Waals surface area contributed by atoms with Crippen LogP contribution in [0.25, 0.3) is 22.0 Å². The Hall–Kier alpha value is -2.62. The lowest BCUT2D eigenvalue weighted by atomic mass is 10.0. The second kappa shape index (κ2) is 5.17. The number of hydrogen-bond donors (Lipinski definition) is 2. The lowest BCUT2D eigenvalue weighted by Gasteiger charge is -2.08. The Labute approximate surface area is 117 Å². The molecule has 0 spiro atoms. The van der Waals surface area contributed by atoms with Gasteiger partial charge in [0.25, 0.3) is 0 Å². The highest BCUT2D eigenvalue weighted by Gasteiger charge is 2.09. The summed E-state index contributed by atoms with van der Waals surface area (Å²) in [5, 5.41) is 23.6. The van der Waals surface area contributed by atoms with E-state index < -0.39 is 0 Å². The number of aromatic hydroxyl groups is 1. The van der Waals surface area contributed by atoms with Crippen molar-refractivity contribution in [3.63, 3.8) is 0 Å². The molecule has 3 aromatic rings. The van der Waals surface area contributed by atoms with Gasteiger partial charge in [-0.1, -0.05) is 30.3 Å². The van der Waals surface area contributed by atoms with E-state index in [1.165, 1.54) is 0 Å². The molecule has 0 bridgehead atoms. The predicted molar refractivity (Wildman–Crippen MR) is 80.8 cm³/mol. The molecule has 3 rings (SSSR count). The molecule has 100 valence electrons. The number of rotatable bonds is 3. The smallest absolute Gasteiger partial charge is 0.148 e. The lowest BCUT2D eigenvalue weighted by molar-refractivity contribution is 0.483. The van der Waals surface area contributed by atoms with E-state index >= 15 is 0 Å². The van der Waals surface area contributed by atoms with Crippen LogP contribution in [0.3, 0.4) is 0 Å². The Kier molecular flexibility index (Phi) is 3.21. The van der Waals surface area contributed by atoms with Gasteiger partial charge in [0.1, 0.15) is 11.6 Å². The minimum absolute atomic E-state index is 0.244. The van der Waals surface area contributed by atoms with Crippen LogP contribution in [0.1, 0.15) is 6.92 Å². The van der Waals surface area contributed by atoms with Crippen LogP contribution < -0.4 is 5.32 Å². The lowest BCUT2D eigenvalue weighted by Crippen LogP contribution is -2.00. The first kappa shape index (κ1) is 12.4. The van der Waals surface area contributed by atoms with Crippen molar-refractivity contribution in [2.75, 3.05) is 11.9 Å². The van der Waals surface area contributed by atoms with Gasteiger partial charge in [-0.2, -0.15) is 0 Å². The molecule has 20 heavy (non-hydrogen) atoms. The fourth-order valence-corrected chi connectivity index (χ4v) is 2.21. The minimum atomic E-state index is 0.244. The first-order chi connectivity index (χ1) is 9.79. The van der Waals surface area contributed by atoms with E-state index in [0.717, 1.165) is 23.1 Å². The first-order valence-corrected chi connectivity index (χ1v) is 6.58. The van der Waals surface area contributed by atoms with Gasteiger partial charge in [-0.05, 0) is 30.5 Å². The van der Waals surface area contributed by atoms with E-state index in [1.54, 1.807) is 0 Å². The average molecular weight is 265 g/mol. The number of benzene rings is 2. The number of nitrogens with zero attached hydrogens (tertiary/aromatic N) is 2. The highest BCUT2D eigenvalue weighted by molar-refractivity contribution is 5.94. The van der Waals surface area contributed by atoms with Gasteiger partial charge in [-0.15, -0.1) is 10.2 Å². The normalized spacial score (nSPS) is 10.7. The first-order valence-electron chi connectivity index (χ1n) is 6.58. The van der Waals surface area contributed by atoms with Crippen LogP contribution in [0.15, 0.2) is 48.5 Å². The molecule has 0 aliphatic carbocycles. The maximum Gasteiger partial charge on any atom is 0.148 e. The van der Waals surface area contributed by atoms with Crippen molar-refractivity contribution >= 4 is 16.6 Å². The maximum atomic E-state index is 10.4. The number of anilines is 1. The zero-order valence-electron chi connectivity index (χ0n) is 11.2. The molecule has 2 aromatic carbocycles. The minimum Gasteiger partial charge on any atom is -0.507 e. The van der Waals surface area contributed by atoms with Crippen molar-refractivity contribution in [1.29, 1.82) is 0 Å². The standard InChI is InChI=1S/C16H15N3O/c1-2-17-15-10-9-14(18-19-15)13-8-7-11-5-3-4-6-12(11)16(13)20/h3-10,20H,2H2,1H3,(H,17,19). The third-order valence-corrected chi connectivity index (χ3v) is 3.20. The number of hydrogen-bond acceptors (Lipinski definition) is 4. The van der Waals surface area contributed by atoms with Crippen molar-refractivity contribution in [2.45, 2.75) is 6.92 Å². The summed E-state index contributed by atoms with van der Waals surface area (Å²) in [6, 6.07) is 15.3. The highest BCUT2D eigenvalue weighted by Crippen LogP contribution is 2.34. The van der Waals surface area contributed by atoms with E-state index in [2.05, 4.69) is 15.5 Å². The molecular weight excluding hydrogens is 250 g/mol. The van der Waals surface area contributed by atoms with Gasteiger partial charge in [0, 0.05) is 17.5 Å². The number of aromatic nitrogens is 2. The maximum absolute atomic E-state index is 10.4. The van der Waals surface area contributed by atoms with Crippen LogP contribution >= 0.6 is 0 Å². The van der Waals surface area contributed by atoms with Crippen molar-refractivity contribution in [3.05, 3.63) is 48.5 Å². The second-order valence-corrected chi connectivity index (χ2v) is 4.52. The number of phenolic OH excluding ortho intramolecular Hbond substituents is 1. The molecule has 1 heterocycles. The summed E-state index contributed by atoms with van der Waals surface area (Å²) in [5.74, 6) is 0.977. The highest BCUT2D eigenvalue weighted by atomic mass is 16.3. The molecule has 0 atom stereocenters. The molecule has 0 radical (unpaired) electrons. The number of fused-ring (bicyclic) bond motifs is 1. The third kappa shape index (κ3) is 2.16. The fourth-order valence-electron chi connectivity index (χ4n) is 2.21. The molecule has 0 saturated heterocycles. The Morgan fingerprint density at radius 1 is 1.00 bits per heavy atom. The van der Waals surface area contributed by atoms with Crippen LogP contribution in [0, 0.1) is 0 Å². The van der Waals surface area contributed by atoms with Gasteiger partial charge >= 0.3 is 0 Å².